The Balaban J connectivity index is 2.65. The summed E-state index contributed by atoms with van der Waals surface area (Å²) >= 11 is 0. The summed E-state index contributed by atoms with van der Waals surface area (Å²) in [6.45, 7) is 2.09. The SMILES string of the molecule is CCc1ccc2c(=O)c2c1. The summed E-state index contributed by atoms with van der Waals surface area (Å²) in [7, 11) is 0. The van der Waals surface area contributed by atoms with Gasteiger partial charge in [0.1, 0.15) is 0 Å². The summed E-state index contributed by atoms with van der Waals surface area (Å²) < 4.78 is 0. The molecule has 0 saturated heterocycles. The molecule has 10 heavy (non-hydrogen) atoms. The summed E-state index contributed by atoms with van der Waals surface area (Å²) in [4.78, 5) is 10.8. The molecule has 1 heteroatoms. The number of rotatable bonds is 1. The van der Waals surface area contributed by atoms with E-state index in [0.717, 1.165) is 17.2 Å². The standard InChI is InChI=1S/C9H8O/c1-2-6-3-4-7-8(5-6)9(7)10/h3-5H,2H2,1H3. The fourth-order valence-electron chi connectivity index (χ4n) is 1.15. The van der Waals surface area contributed by atoms with E-state index in [9.17, 15) is 4.79 Å². The predicted molar refractivity (Wildman–Crippen MR) is 42.0 cm³/mol. The minimum Gasteiger partial charge on any atom is -0.289 e. The molecule has 2 aromatic carbocycles. The number of hydrogen-bond donors (Lipinski definition) is 0. The van der Waals surface area contributed by atoms with Gasteiger partial charge in [0.15, 0.2) is 5.43 Å². The Morgan fingerprint density at radius 1 is 1.30 bits per heavy atom. The zero-order chi connectivity index (χ0) is 7.14. The Morgan fingerprint density at radius 2 is 2.10 bits per heavy atom. The van der Waals surface area contributed by atoms with Crippen molar-refractivity contribution >= 4 is 10.8 Å². The van der Waals surface area contributed by atoms with E-state index >= 15 is 0 Å². The number of benzene rings is 1. The van der Waals surface area contributed by atoms with Gasteiger partial charge in [0, 0.05) is 10.8 Å². The average molecular weight is 132 g/mol. The van der Waals surface area contributed by atoms with Gasteiger partial charge in [0.25, 0.3) is 0 Å². The molecule has 0 N–H and O–H groups in total. The first-order valence-corrected chi connectivity index (χ1v) is 3.50. The molecular weight excluding hydrogens is 124 g/mol. The van der Waals surface area contributed by atoms with E-state index in [1.165, 1.54) is 5.56 Å². The van der Waals surface area contributed by atoms with Gasteiger partial charge in [0.2, 0.25) is 0 Å². The van der Waals surface area contributed by atoms with Gasteiger partial charge >= 0.3 is 0 Å². The first kappa shape index (κ1) is 5.66. The van der Waals surface area contributed by atoms with Gasteiger partial charge in [-0.2, -0.15) is 0 Å². The lowest BCUT2D eigenvalue weighted by Crippen LogP contribution is -1.73. The van der Waals surface area contributed by atoms with Crippen LogP contribution in [0, 0.1) is 0 Å². The first-order valence-electron chi connectivity index (χ1n) is 3.50. The lowest BCUT2D eigenvalue weighted by molar-refractivity contribution is 1.15. The number of hydrogen-bond acceptors (Lipinski definition) is 1. The molecule has 0 aliphatic rings. The fourth-order valence-corrected chi connectivity index (χ4v) is 1.15. The van der Waals surface area contributed by atoms with Crippen LogP contribution < -0.4 is 5.43 Å². The Bertz CT molecular complexity index is 378. The molecule has 0 atom stereocenters. The van der Waals surface area contributed by atoms with Gasteiger partial charge in [-0.05, 0) is 18.1 Å². The Labute approximate surface area is 59.0 Å². The summed E-state index contributed by atoms with van der Waals surface area (Å²) in [5, 5.41) is 1.84. The van der Waals surface area contributed by atoms with Crippen LogP contribution in [0.1, 0.15) is 12.5 Å². The maximum absolute atomic E-state index is 10.8. The molecule has 0 aliphatic carbocycles. The molecule has 0 aromatic heterocycles. The van der Waals surface area contributed by atoms with E-state index in [4.69, 9.17) is 0 Å². The Hall–Kier alpha value is -1.11. The molecule has 0 bridgehead atoms. The fraction of sp³-hybridized carbons (Fsp3) is 0.222. The van der Waals surface area contributed by atoms with Crippen LogP contribution >= 0.6 is 0 Å². The molecule has 0 unspecified atom stereocenters. The minimum atomic E-state index is 0.236. The van der Waals surface area contributed by atoms with Crippen LogP contribution in [-0.2, 0) is 6.42 Å². The molecule has 50 valence electrons. The zero-order valence-electron chi connectivity index (χ0n) is 5.85. The lowest BCUT2D eigenvalue weighted by atomic mass is 10.2. The normalized spacial score (nSPS) is 11.3. The van der Waals surface area contributed by atoms with E-state index in [1.54, 1.807) is 0 Å². The third-order valence-corrected chi connectivity index (χ3v) is 1.92. The average Bonchev–Trinajstić information content (AvgIpc) is 2.62. The monoisotopic (exact) mass is 132 g/mol. The molecule has 2 aromatic rings. The van der Waals surface area contributed by atoms with Crippen LogP contribution in [0.2, 0.25) is 0 Å². The highest BCUT2D eigenvalue weighted by molar-refractivity contribution is 5.97. The van der Waals surface area contributed by atoms with Crippen molar-refractivity contribution in [1.82, 2.24) is 0 Å². The highest BCUT2D eigenvalue weighted by Crippen LogP contribution is 2.16. The topological polar surface area (TPSA) is 17.1 Å². The third-order valence-electron chi connectivity index (χ3n) is 1.92. The highest BCUT2D eigenvalue weighted by Gasteiger charge is 2.10. The number of aryl methyl sites for hydroxylation is 1. The molecule has 0 saturated carbocycles. The maximum atomic E-state index is 10.8. The van der Waals surface area contributed by atoms with Crippen molar-refractivity contribution in [3.8, 4) is 0 Å². The predicted octanol–water partition coefficient (Wildman–Crippen LogP) is 1.64. The van der Waals surface area contributed by atoms with E-state index < -0.39 is 0 Å². The van der Waals surface area contributed by atoms with Gasteiger partial charge in [-0.25, -0.2) is 0 Å². The molecule has 0 heterocycles. The van der Waals surface area contributed by atoms with Crippen LogP contribution in [0.4, 0.5) is 0 Å². The van der Waals surface area contributed by atoms with Crippen molar-refractivity contribution in [3.63, 3.8) is 0 Å². The van der Waals surface area contributed by atoms with E-state index in [0.29, 0.717) is 0 Å². The van der Waals surface area contributed by atoms with Gasteiger partial charge < -0.3 is 0 Å². The maximum Gasteiger partial charge on any atom is 0.194 e. The smallest absolute Gasteiger partial charge is 0.194 e. The second-order valence-electron chi connectivity index (χ2n) is 2.56. The third kappa shape index (κ3) is 0.604. The van der Waals surface area contributed by atoms with Crippen LogP contribution in [0.25, 0.3) is 10.8 Å². The van der Waals surface area contributed by atoms with Crippen LogP contribution in [0.15, 0.2) is 23.0 Å². The van der Waals surface area contributed by atoms with Crippen molar-refractivity contribution in [2.45, 2.75) is 13.3 Å². The molecule has 2 rings (SSSR count). The van der Waals surface area contributed by atoms with Gasteiger partial charge in [0.05, 0.1) is 0 Å². The molecule has 0 aliphatic heterocycles. The van der Waals surface area contributed by atoms with Crippen LogP contribution in [0.3, 0.4) is 0 Å². The van der Waals surface area contributed by atoms with Crippen molar-refractivity contribution in [2.24, 2.45) is 0 Å². The quantitative estimate of drug-likeness (QED) is 0.576. The molecule has 0 fully saturated rings. The van der Waals surface area contributed by atoms with E-state index in [2.05, 4.69) is 6.92 Å². The zero-order valence-corrected chi connectivity index (χ0v) is 5.85. The summed E-state index contributed by atoms with van der Waals surface area (Å²) in [5.41, 5.74) is 1.49. The van der Waals surface area contributed by atoms with E-state index in [-0.39, 0.29) is 5.43 Å². The second-order valence-corrected chi connectivity index (χ2v) is 2.56. The molecule has 1 nitrogen and oxygen atoms in total. The summed E-state index contributed by atoms with van der Waals surface area (Å²) in [6.07, 6.45) is 1.01. The van der Waals surface area contributed by atoms with Gasteiger partial charge in [-0.3, -0.25) is 4.79 Å². The minimum absolute atomic E-state index is 0.236. The molecule has 0 amide bonds. The molecular formula is C9H8O. The Kier molecular flexibility index (Phi) is 0.956. The van der Waals surface area contributed by atoms with Crippen molar-refractivity contribution in [2.75, 3.05) is 0 Å². The summed E-state index contributed by atoms with van der Waals surface area (Å²) in [5.74, 6) is 0. The van der Waals surface area contributed by atoms with Crippen molar-refractivity contribution < 1.29 is 0 Å². The van der Waals surface area contributed by atoms with E-state index in [1.807, 2.05) is 18.2 Å². The van der Waals surface area contributed by atoms with Crippen molar-refractivity contribution in [3.05, 3.63) is 34.0 Å². The van der Waals surface area contributed by atoms with Gasteiger partial charge in [-0.15, -0.1) is 0 Å². The second kappa shape index (κ2) is 1.69. The Morgan fingerprint density at radius 3 is 2.70 bits per heavy atom. The molecule has 0 radical (unpaired) electrons. The molecule has 0 spiro atoms. The first-order chi connectivity index (χ1) is 4.83. The highest BCUT2D eigenvalue weighted by atomic mass is 16.1. The van der Waals surface area contributed by atoms with Crippen molar-refractivity contribution in [1.29, 1.82) is 0 Å². The van der Waals surface area contributed by atoms with Gasteiger partial charge in [-0.1, -0.05) is 19.1 Å². The largest absolute Gasteiger partial charge is 0.289 e. The van der Waals surface area contributed by atoms with Crippen LogP contribution in [0.5, 0.6) is 0 Å². The number of fused-ring (bicyclic) bond motifs is 1. The lowest BCUT2D eigenvalue weighted by Gasteiger charge is -1.88. The summed E-state index contributed by atoms with van der Waals surface area (Å²) in [6, 6.07) is 5.91. The van der Waals surface area contributed by atoms with Crippen LogP contribution in [-0.4, -0.2) is 0 Å².